The van der Waals surface area contributed by atoms with E-state index in [0.717, 1.165) is 39.1 Å². The highest BCUT2D eigenvalue weighted by molar-refractivity contribution is 5.78. The summed E-state index contributed by atoms with van der Waals surface area (Å²) in [6.07, 6.45) is 9.71. The van der Waals surface area contributed by atoms with Gasteiger partial charge in [-0.05, 0) is 55.1 Å². The van der Waals surface area contributed by atoms with Crippen molar-refractivity contribution in [3.8, 4) is 0 Å². The Morgan fingerprint density at radius 1 is 1.07 bits per heavy atom. The lowest BCUT2D eigenvalue weighted by Crippen LogP contribution is -2.50. The molecule has 3 aliphatic heterocycles. The maximum absolute atomic E-state index is 13.0. The van der Waals surface area contributed by atoms with Crippen molar-refractivity contribution in [2.24, 2.45) is 5.92 Å². The van der Waals surface area contributed by atoms with Gasteiger partial charge in [-0.3, -0.25) is 24.6 Å². The molecule has 148 valence electrons. The average Bonchev–Trinajstić information content (AvgIpc) is 3.00. The second-order valence-corrected chi connectivity index (χ2v) is 8.23. The minimum atomic E-state index is 0.259. The summed E-state index contributed by atoms with van der Waals surface area (Å²) in [6.45, 7) is 5.09. The number of aromatic nitrogens is 2. The Bertz CT molecular complexity index is 769. The van der Waals surface area contributed by atoms with Gasteiger partial charge in [0.15, 0.2) is 0 Å². The fourth-order valence-corrected chi connectivity index (χ4v) is 4.54. The molecule has 0 saturated carbocycles. The SMILES string of the molecule is CN(CC(=O)N1CC2CCC1CN(Cc1cccnc1)C2)Cc1ccncc1. The Labute approximate surface area is 167 Å². The van der Waals surface area contributed by atoms with E-state index in [1.54, 1.807) is 12.4 Å². The first-order valence-electron chi connectivity index (χ1n) is 10.2. The first-order chi connectivity index (χ1) is 13.7. The van der Waals surface area contributed by atoms with Gasteiger partial charge in [-0.1, -0.05) is 6.07 Å². The fraction of sp³-hybridized carbons (Fsp3) is 0.500. The molecule has 3 fully saturated rings. The third-order valence-corrected chi connectivity index (χ3v) is 5.85. The second-order valence-electron chi connectivity index (χ2n) is 8.23. The van der Waals surface area contributed by atoms with E-state index in [2.05, 4.69) is 30.7 Å². The van der Waals surface area contributed by atoms with Crippen molar-refractivity contribution in [3.05, 3.63) is 60.2 Å². The van der Waals surface area contributed by atoms with Gasteiger partial charge < -0.3 is 4.90 Å². The molecule has 3 aliphatic rings. The summed E-state index contributed by atoms with van der Waals surface area (Å²) in [7, 11) is 2.02. The zero-order valence-electron chi connectivity index (χ0n) is 16.6. The predicted molar refractivity (Wildman–Crippen MR) is 108 cm³/mol. The smallest absolute Gasteiger partial charge is 0.237 e. The van der Waals surface area contributed by atoms with Crippen LogP contribution in [0.1, 0.15) is 24.0 Å². The van der Waals surface area contributed by atoms with Crippen LogP contribution in [0.3, 0.4) is 0 Å². The lowest BCUT2D eigenvalue weighted by Gasteiger charge is -2.37. The molecule has 28 heavy (non-hydrogen) atoms. The molecular formula is C22H29N5O. The van der Waals surface area contributed by atoms with E-state index < -0.39 is 0 Å². The van der Waals surface area contributed by atoms with E-state index in [9.17, 15) is 4.79 Å². The van der Waals surface area contributed by atoms with Crippen LogP contribution < -0.4 is 0 Å². The van der Waals surface area contributed by atoms with Gasteiger partial charge in [-0.2, -0.15) is 0 Å². The summed E-state index contributed by atoms with van der Waals surface area (Å²) in [5.41, 5.74) is 2.43. The molecule has 0 aliphatic carbocycles. The van der Waals surface area contributed by atoms with E-state index in [1.807, 2.05) is 37.6 Å². The van der Waals surface area contributed by atoms with Crippen LogP contribution >= 0.6 is 0 Å². The second kappa shape index (κ2) is 8.80. The van der Waals surface area contributed by atoms with Gasteiger partial charge >= 0.3 is 0 Å². The zero-order chi connectivity index (χ0) is 19.3. The van der Waals surface area contributed by atoms with Crippen LogP contribution in [-0.2, 0) is 17.9 Å². The number of hydrogen-bond donors (Lipinski definition) is 0. The van der Waals surface area contributed by atoms with Gasteiger partial charge in [0.05, 0.1) is 6.54 Å². The number of rotatable bonds is 6. The highest BCUT2D eigenvalue weighted by Crippen LogP contribution is 2.29. The molecule has 6 heteroatoms. The van der Waals surface area contributed by atoms with Crippen molar-refractivity contribution in [3.63, 3.8) is 0 Å². The Hall–Kier alpha value is -2.31. The van der Waals surface area contributed by atoms with Crippen molar-refractivity contribution in [2.45, 2.75) is 32.0 Å². The van der Waals surface area contributed by atoms with Gasteiger partial charge in [0.2, 0.25) is 5.91 Å². The van der Waals surface area contributed by atoms with E-state index in [4.69, 9.17) is 0 Å². The molecule has 0 radical (unpaired) electrons. The minimum Gasteiger partial charge on any atom is -0.337 e. The molecule has 5 rings (SSSR count). The van der Waals surface area contributed by atoms with Gasteiger partial charge in [-0.15, -0.1) is 0 Å². The summed E-state index contributed by atoms with van der Waals surface area (Å²) >= 11 is 0. The minimum absolute atomic E-state index is 0.259. The van der Waals surface area contributed by atoms with Crippen LogP contribution in [0.5, 0.6) is 0 Å². The first kappa shape index (κ1) is 19.0. The third-order valence-electron chi connectivity index (χ3n) is 5.85. The summed E-state index contributed by atoms with van der Waals surface area (Å²) in [6, 6.07) is 8.47. The van der Waals surface area contributed by atoms with E-state index >= 15 is 0 Å². The zero-order valence-corrected chi connectivity index (χ0v) is 16.6. The van der Waals surface area contributed by atoms with E-state index in [1.165, 1.54) is 17.5 Å². The number of carbonyl (C=O) groups is 1. The number of nitrogens with zero attached hydrogens (tertiary/aromatic N) is 5. The third kappa shape index (κ3) is 4.75. The Kier molecular flexibility index (Phi) is 5.98. The van der Waals surface area contributed by atoms with Crippen LogP contribution in [-0.4, -0.2) is 69.8 Å². The van der Waals surface area contributed by atoms with Gasteiger partial charge in [0, 0.05) is 63.6 Å². The summed E-state index contributed by atoms with van der Waals surface area (Å²) in [5, 5.41) is 0. The Morgan fingerprint density at radius 2 is 1.93 bits per heavy atom. The molecule has 2 aromatic rings. The number of amides is 1. The van der Waals surface area contributed by atoms with Gasteiger partial charge in [0.25, 0.3) is 0 Å². The number of piperidine rings is 1. The molecule has 1 amide bonds. The summed E-state index contributed by atoms with van der Waals surface area (Å²) in [4.78, 5) is 28.1. The Morgan fingerprint density at radius 3 is 2.71 bits per heavy atom. The van der Waals surface area contributed by atoms with Crippen LogP contribution in [0.2, 0.25) is 0 Å². The predicted octanol–water partition coefficient (Wildman–Crippen LogP) is 2.03. The highest BCUT2D eigenvalue weighted by atomic mass is 16.2. The molecular weight excluding hydrogens is 350 g/mol. The van der Waals surface area contributed by atoms with Crippen LogP contribution in [0.4, 0.5) is 0 Å². The number of likely N-dealkylation sites (N-methyl/N-ethyl adjacent to an activating group) is 1. The van der Waals surface area contributed by atoms with Gasteiger partial charge in [-0.25, -0.2) is 0 Å². The van der Waals surface area contributed by atoms with Crippen molar-refractivity contribution in [2.75, 3.05) is 33.2 Å². The Balaban J connectivity index is 1.35. The van der Waals surface area contributed by atoms with Crippen molar-refractivity contribution >= 4 is 5.91 Å². The lowest BCUT2D eigenvalue weighted by molar-refractivity contribution is -0.136. The van der Waals surface area contributed by atoms with E-state index in [0.29, 0.717) is 18.5 Å². The molecule has 0 spiro atoms. The topological polar surface area (TPSA) is 52.6 Å². The number of carbonyl (C=O) groups excluding carboxylic acids is 1. The maximum atomic E-state index is 13.0. The van der Waals surface area contributed by atoms with Crippen LogP contribution in [0.15, 0.2) is 49.1 Å². The molecule has 3 saturated heterocycles. The van der Waals surface area contributed by atoms with Crippen LogP contribution in [0, 0.1) is 5.92 Å². The molecule has 0 N–H and O–H groups in total. The molecule has 6 nitrogen and oxygen atoms in total. The molecule has 5 heterocycles. The summed E-state index contributed by atoms with van der Waals surface area (Å²) in [5.74, 6) is 0.833. The first-order valence-corrected chi connectivity index (χ1v) is 10.2. The molecule has 2 aromatic heterocycles. The standard InChI is InChI=1S/C22H29N5O/c1-25(12-18-6-9-23-10-7-18)17-22(28)27-15-20-4-5-21(27)16-26(14-20)13-19-3-2-8-24-11-19/h2-3,6-11,20-21H,4-5,12-17H2,1H3. The maximum Gasteiger partial charge on any atom is 0.237 e. The fourth-order valence-electron chi connectivity index (χ4n) is 4.54. The normalized spacial score (nSPS) is 22.4. The average molecular weight is 380 g/mol. The lowest BCUT2D eigenvalue weighted by atomic mass is 9.95. The number of fused-ring (bicyclic) bond motifs is 4. The molecule has 2 atom stereocenters. The summed E-state index contributed by atoms with van der Waals surface area (Å²) < 4.78 is 0. The number of pyridine rings is 2. The van der Waals surface area contributed by atoms with Crippen molar-refractivity contribution in [1.29, 1.82) is 0 Å². The van der Waals surface area contributed by atoms with E-state index in [-0.39, 0.29) is 5.91 Å². The highest BCUT2D eigenvalue weighted by Gasteiger charge is 2.37. The molecule has 2 unspecified atom stereocenters. The van der Waals surface area contributed by atoms with Crippen molar-refractivity contribution in [1.82, 2.24) is 24.7 Å². The van der Waals surface area contributed by atoms with Crippen LogP contribution in [0.25, 0.3) is 0 Å². The number of hydrogen-bond acceptors (Lipinski definition) is 5. The molecule has 0 aromatic carbocycles. The quantitative estimate of drug-likeness (QED) is 0.769. The largest absolute Gasteiger partial charge is 0.337 e. The monoisotopic (exact) mass is 379 g/mol. The van der Waals surface area contributed by atoms with Gasteiger partial charge in [0.1, 0.15) is 0 Å². The molecule has 2 bridgehead atoms. The van der Waals surface area contributed by atoms with Crippen molar-refractivity contribution < 1.29 is 4.79 Å².